The zero-order valence-corrected chi connectivity index (χ0v) is 5.48. The average molecular weight is 117 g/mol. The highest BCUT2D eigenvalue weighted by molar-refractivity contribution is 5.80. The van der Waals surface area contributed by atoms with Crippen LogP contribution in [0.25, 0.3) is 0 Å². The summed E-state index contributed by atoms with van der Waals surface area (Å²) in [6, 6.07) is -0.222. The highest BCUT2D eigenvalue weighted by Gasteiger charge is 2.03. The van der Waals surface area contributed by atoms with Crippen LogP contribution in [0.4, 0.5) is 0 Å². The maximum atomic E-state index is 10.4. The van der Waals surface area contributed by atoms with Gasteiger partial charge in [0.25, 0.3) is 0 Å². The molecule has 0 aromatic heterocycles. The van der Waals surface area contributed by atoms with E-state index in [0.717, 1.165) is 12.8 Å². The second kappa shape index (κ2) is 3.61. The van der Waals surface area contributed by atoms with Crippen LogP contribution in [0.3, 0.4) is 0 Å². The Bertz CT molecular complexity index is 85.1. The van der Waals surface area contributed by atoms with Gasteiger partial charge in [-0.25, -0.2) is 0 Å². The van der Waals surface area contributed by atoms with Crippen LogP contribution in [0.5, 0.6) is 0 Å². The summed E-state index contributed by atoms with van der Waals surface area (Å²) < 4.78 is 0. The first-order chi connectivity index (χ1) is 3.68. The van der Waals surface area contributed by atoms with Gasteiger partial charge in [0.05, 0.1) is 6.04 Å². The van der Waals surface area contributed by atoms with Gasteiger partial charge in [-0.2, -0.15) is 0 Å². The van der Waals surface area contributed by atoms with Crippen molar-refractivity contribution in [1.29, 1.82) is 0 Å². The van der Waals surface area contributed by atoms with Gasteiger partial charge in [-0.15, -0.1) is 0 Å². The third kappa shape index (κ3) is 2.75. The molecule has 50 valence electrons. The van der Waals surface area contributed by atoms with E-state index in [-0.39, 0.29) is 13.3 Å². The van der Waals surface area contributed by atoms with E-state index in [2.05, 4.69) is 0 Å². The first kappa shape index (κ1) is 7.63. The molecule has 0 spiro atoms. The summed E-state index contributed by atoms with van der Waals surface area (Å²) in [6.45, 7) is 3.54. The molecule has 0 fully saturated rings. The molecule has 0 aromatic rings. The number of nitrogens with two attached hydrogens (primary N) is 1. The summed E-state index contributed by atoms with van der Waals surface area (Å²) in [6.07, 6.45) is 1.80. The van der Waals surface area contributed by atoms with Crippen molar-refractivity contribution in [2.45, 2.75) is 32.7 Å². The van der Waals surface area contributed by atoms with Crippen LogP contribution in [0, 0.1) is 0 Å². The van der Waals surface area contributed by atoms with Gasteiger partial charge in [0, 0.05) is 1.43 Å². The Morgan fingerprint density at radius 2 is 2.38 bits per heavy atom. The Kier molecular flexibility index (Phi) is 3.44. The van der Waals surface area contributed by atoms with Crippen molar-refractivity contribution >= 4 is 5.78 Å². The number of hydrogen-bond acceptors (Lipinski definition) is 2. The molecule has 0 aliphatic rings. The fourth-order valence-corrected chi connectivity index (χ4v) is 0.514. The van der Waals surface area contributed by atoms with Crippen molar-refractivity contribution in [2.24, 2.45) is 5.73 Å². The Morgan fingerprint density at radius 3 is 2.50 bits per heavy atom. The van der Waals surface area contributed by atoms with E-state index in [1.165, 1.54) is 6.92 Å². The molecule has 8 heavy (non-hydrogen) atoms. The van der Waals surface area contributed by atoms with Gasteiger partial charge in [-0.05, 0) is 13.3 Å². The summed E-state index contributed by atoms with van der Waals surface area (Å²) in [5, 5.41) is 0. The van der Waals surface area contributed by atoms with Crippen molar-refractivity contribution in [1.82, 2.24) is 0 Å². The molecular weight excluding hydrogens is 102 g/mol. The minimum Gasteiger partial charge on any atom is -0.322 e. The molecule has 0 aromatic carbocycles. The maximum Gasteiger partial charge on any atom is 0.146 e. The lowest BCUT2D eigenvalue weighted by molar-refractivity contribution is -0.118. The van der Waals surface area contributed by atoms with E-state index in [0.29, 0.717) is 0 Å². The van der Waals surface area contributed by atoms with Gasteiger partial charge >= 0.3 is 0 Å². The van der Waals surface area contributed by atoms with Crippen molar-refractivity contribution in [3.8, 4) is 0 Å². The number of Topliss-reactive ketones (excluding diaryl/α,β-unsaturated/α-hetero) is 1. The molecule has 2 nitrogen and oxygen atoms in total. The van der Waals surface area contributed by atoms with Crippen LogP contribution in [-0.2, 0) is 4.79 Å². The molecule has 0 unspecified atom stereocenters. The van der Waals surface area contributed by atoms with E-state index >= 15 is 0 Å². The molecule has 0 aliphatic carbocycles. The summed E-state index contributed by atoms with van der Waals surface area (Å²) >= 11 is 0. The fourth-order valence-electron chi connectivity index (χ4n) is 0.514. The van der Waals surface area contributed by atoms with Crippen LogP contribution in [0.2, 0.25) is 0 Å². The number of ketones is 1. The zero-order valence-electron chi connectivity index (χ0n) is 5.48. The predicted molar refractivity (Wildman–Crippen MR) is 35.7 cm³/mol. The van der Waals surface area contributed by atoms with E-state index in [1.807, 2.05) is 6.92 Å². The van der Waals surface area contributed by atoms with Crippen LogP contribution < -0.4 is 5.73 Å². The molecule has 0 bridgehead atoms. The summed E-state index contributed by atoms with van der Waals surface area (Å²) in [7, 11) is 0. The molecule has 2 heteroatoms. The minimum absolute atomic E-state index is 0. The van der Waals surface area contributed by atoms with Crippen LogP contribution in [0.1, 0.15) is 28.1 Å². The highest BCUT2D eigenvalue weighted by atomic mass is 16.1. The van der Waals surface area contributed by atoms with Crippen LogP contribution >= 0.6 is 0 Å². The molecule has 0 rings (SSSR count). The van der Waals surface area contributed by atoms with E-state index in [4.69, 9.17) is 5.73 Å². The number of carbonyl (C=O) groups excluding carboxylic acids is 1. The third-order valence-corrected chi connectivity index (χ3v) is 1.12. The predicted octanol–water partition coefficient (Wildman–Crippen LogP) is 0.949. The second-order valence-corrected chi connectivity index (χ2v) is 2.01. The summed E-state index contributed by atoms with van der Waals surface area (Å²) in [5.41, 5.74) is 5.38. The molecule has 1 atom stereocenters. The molecule has 0 saturated carbocycles. The first-order valence-corrected chi connectivity index (χ1v) is 2.94. The first-order valence-electron chi connectivity index (χ1n) is 2.94. The third-order valence-electron chi connectivity index (χ3n) is 1.12. The Balaban J connectivity index is 0. The van der Waals surface area contributed by atoms with Gasteiger partial charge in [0.15, 0.2) is 0 Å². The summed E-state index contributed by atoms with van der Waals surface area (Å²) in [4.78, 5) is 10.4. The Morgan fingerprint density at radius 1 is 1.88 bits per heavy atom. The monoisotopic (exact) mass is 117 g/mol. The van der Waals surface area contributed by atoms with Crippen molar-refractivity contribution in [3.63, 3.8) is 0 Å². The lowest BCUT2D eigenvalue weighted by atomic mass is 10.1. The largest absolute Gasteiger partial charge is 0.322 e. The van der Waals surface area contributed by atoms with E-state index in [1.54, 1.807) is 0 Å². The van der Waals surface area contributed by atoms with Gasteiger partial charge in [0.1, 0.15) is 5.78 Å². The number of carbonyl (C=O) groups is 1. The van der Waals surface area contributed by atoms with Gasteiger partial charge in [0.2, 0.25) is 0 Å². The SMILES string of the molecule is CCC[C@H](N)C(C)=O.[HH]. The number of rotatable bonds is 3. The lowest BCUT2D eigenvalue weighted by Gasteiger charge is -2.02. The van der Waals surface area contributed by atoms with Crippen molar-refractivity contribution < 1.29 is 6.22 Å². The number of hydrogen-bond donors (Lipinski definition) is 1. The molecule has 0 radical (unpaired) electrons. The average Bonchev–Trinajstić information content (AvgIpc) is 1.67. The van der Waals surface area contributed by atoms with Crippen molar-refractivity contribution in [2.75, 3.05) is 0 Å². The molecule has 0 saturated heterocycles. The standard InChI is InChI=1S/C6H13NO.H2/c1-3-4-6(7)5(2)8;/h6H,3-4,7H2,1-2H3;1H/t6-;/m0./s1. The molecular formula is C6H15NO. The molecule has 0 heterocycles. The maximum absolute atomic E-state index is 10.4. The smallest absolute Gasteiger partial charge is 0.146 e. The molecule has 2 N–H and O–H groups in total. The second-order valence-electron chi connectivity index (χ2n) is 2.01. The zero-order chi connectivity index (χ0) is 6.57. The van der Waals surface area contributed by atoms with Crippen molar-refractivity contribution in [3.05, 3.63) is 0 Å². The van der Waals surface area contributed by atoms with E-state index in [9.17, 15) is 4.79 Å². The lowest BCUT2D eigenvalue weighted by Crippen LogP contribution is -2.27. The topological polar surface area (TPSA) is 43.1 Å². The van der Waals surface area contributed by atoms with Gasteiger partial charge < -0.3 is 5.73 Å². The van der Waals surface area contributed by atoms with Crippen LogP contribution in [0.15, 0.2) is 0 Å². The molecule has 0 aliphatic heterocycles. The van der Waals surface area contributed by atoms with E-state index < -0.39 is 0 Å². The molecule has 0 amide bonds. The highest BCUT2D eigenvalue weighted by Crippen LogP contribution is 1.92. The quantitative estimate of drug-likeness (QED) is 0.598. The summed E-state index contributed by atoms with van der Waals surface area (Å²) in [5.74, 6) is 0.0897. The fraction of sp³-hybridized carbons (Fsp3) is 0.833. The Labute approximate surface area is 51.6 Å². The van der Waals surface area contributed by atoms with Gasteiger partial charge in [-0.1, -0.05) is 13.3 Å². The minimum atomic E-state index is -0.222. The van der Waals surface area contributed by atoms with Crippen LogP contribution in [-0.4, -0.2) is 11.8 Å². The normalized spacial score (nSPS) is 13.4. The Hall–Kier alpha value is -0.370. The van der Waals surface area contributed by atoms with Gasteiger partial charge in [-0.3, -0.25) is 4.79 Å².